The van der Waals surface area contributed by atoms with Gasteiger partial charge in [0, 0.05) is 25.1 Å². The fourth-order valence-electron chi connectivity index (χ4n) is 1.16. The zero-order valence-electron chi connectivity index (χ0n) is 9.14. The van der Waals surface area contributed by atoms with Gasteiger partial charge in [-0.15, -0.1) is 0 Å². The predicted molar refractivity (Wildman–Crippen MR) is 60.9 cm³/mol. The van der Waals surface area contributed by atoms with E-state index in [-0.39, 0.29) is 10.6 Å². The Morgan fingerprint density at radius 1 is 1.41 bits per heavy atom. The van der Waals surface area contributed by atoms with Gasteiger partial charge in [0.15, 0.2) is 0 Å². The van der Waals surface area contributed by atoms with Gasteiger partial charge in [-0.2, -0.15) is 0 Å². The third-order valence-corrected chi connectivity index (χ3v) is 2.40. The lowest BCUT2D eigenvalue weighted by Crippen LogP contribution is -2.31. The molecule has 0 saturated heterocycles. The Hall–Kier alpha value is -1.95. The largest absolute Gasteiger partial charge is 0.283 e. The van der Waals surface area contributed by atoms with E-state index in [1.807, 2.05) is 0 Å². The maximum absolute atomic E-state index is 11.8. The molecule has 0 radical (unpaired) electrons. The normalized spacial score (nSPS) is 9.82. The van der Waals surface area contributed by atoms with Crippen LogP contribution in [0.5, 0.6) is 0 Å². The minimum atomic E-state index is -0.735. The number of nitrogens with zero attached hydrogens (tertiary/aromatic N) is 2. The van der Waals surface area contributed by atoms with Crippen LogP contribution in [0.2, 0.25) is 5.02 Å². The minimum absolute atomic E-state index is 0.152. The van der Waals surface area contributed by atoms with Crippen molar-refractivity contribution in [2.75, 3.05) is 7.05 Å². The van der Waals surface area contributed by atoms with Crippen molar-refractivity contribution in [3.8, 4) is 0 Å². The van der Waals surface area contributed by atoms with Crippen LogP contribution in [0.3, 0.4) is 0 Å². The summed E-state index contributed by atoms with van der Waals surface area (Å²) in [6.45, 7) is 1.19. The van der Waals surface area contributed by atoms with Crippen molar-refractivity contribution in [3.63, 3.8) is 0 Å². The molecule has 0 aliphatic carbocycles. The molecule has 17 heavy (non-hydrogen) atoms. The van der Waals surface area contributed by atoms with E-state index >= 15 is 0 Å². The highest BCUT2D eigenvalue weighted by Crippen LogP contribution is 2.24. The molecule has 0 aromatic heterocycles. The van der Waals surface area contributed by atoms with E-state index in [1.165, 1.54) is 26.1 Å². The molecular formula is C10H9ClN2O4. The molecular weight excluding hydrogens is 248 g/mol. The van der Waals surface area contributed by atoms with E-state index < -0.39 is 22.4 Å². The van der Waals surface area contributed by atoms with Gasteiger partial charge < -0.3 is 0 Å². The number of hydrogen-bond donors (Lipinski definition) is 0. The highest BCUT2D eigenvalue weighted by Gasteiger charge is 2.24. The molecule has 0 spiro atoms. The lowest BCUT2D eigenvalue weighted by molar-refractivity contribution is -0.385. The third kappa shape index (κ3) is 2.79. The fraction of sp³-hybridized carbons (Fsp3) is 0.200. The summed E-state index contributed by atoms with van der Waals surface area (Å²) in [5.41, 5.74) is -0.590. The van der Waals surface area contributed by atoms with Gasteiger partial charge in [0.05, 0.1) is 4.92 Å². The molecule has 0 unspecified atom stereocenters. The summed E-state index contributed by atoms with van der Waals surface area (Å²) >= 11 is 5.61. The van der Waals surface area contributed by atoms with Gasteiger partial charge in [-0.1, -0.05) is 11.6 Å². The van der Waals surface area contributed by atoms with E-state index in [2.05, 4.69) is 0 Å². The molecule has 1 aromatic carbocycles. The van der Waals surface area contributed by atoms with Crippen LogP contribution in [0.25, 0.3) is 0 Å². The molecule has 0 aliphatic rings. The Kier molecular flexibility index (Phi) is 3.80. The summed E-state index contributed by atoms with van der Waals surface area (Å²) in [5, 5.41) is 10.9. The zero-order chi connectivity index (χ0) is 13.2. The molecule has 2 amide bonds. The first-order chi connectivity index (χ1) is 7.84. The van der Waals surface area contributed by atoms with Crippen molar-refractivity contribution in [3.05, 3.63) is 38.9 Å². The fourth-order valence-corrected chi connectivity index (χ4v) is 1.33. The number of carbonyl (C=O) groups is 2. The molecule has 0 bridgehead atoms. The third-order valence-electron chi connectivity index (χ3n) is 2.16. The van der Waals surface area contributed by atoms with Crippen molar-refractivity contribution in [1.29, 1.82) is 0 Å². The molecule has 0 heterocycles. The van der Waals surface area contributed by atoms with Gasteiger partial charge in [0.25, 0.3) is 11.6 Å². The zero-order valence-corrected chi connectivity index (χ0v) is 9.89. The summed E-state index contributed by atoms with van der Waals surface area (Å²) in [6, 6.07) is 3.65. The first-order valence-corrected chi connectivity index (χ1v) is 4.95. The number of benzene rings is 1. The Morgan fingerprint density at radius 3 is 2.47 bits per heavy atom. The number of imide groups is 1. The van der Waals surface area contributed by atoms with Crippen LogP contribution in [0.4, 0.5) is 5.69 Å². The van der Waals surface area contributed by atoms with Crippen LogP contribution in [0, 0.1) is 10.1 Å². The molecule has 6 nitrogen and oxygen atoms in total. The molecule has 0 saturated carbocycles. The SMILES string of the molecule is CC(=O)N(C)C(=O)c1ccc(Cl)cc1[N+](=O)[O-]. The summed E-state index contributed by atoms with van der Waals surface area (Å²) < 4.78 is 0. The topological polar surface area (TPSA) is 80.5 Å². The first kappa shape index (κ1) is 13.1. The van der Waals surface area contributed by atoms with Crippen LogP contribution >= 0.6 is 11.6 Å². The van der Waals surface area contributed by atoms with Crippen molar-refractivity contribution in [1.82, 2.24) is 4.90 Å². The molecule has 7 heteroatoms. The smallest absolute Gasteiger partial charge is 0.282 e. The van der Waals surface area contributed by atoms with Crippen LogP contribution < -0.4 is 0 Å². The van der Waals surface area contributed by atoms with Crippen LogP contribution in [0.1, 0.15) is 17.3 Å². The van der Waals surface area contributed by atoms with Crippen molar-refractivity contribution < 1.29 is 14.5 Å². The second-order valence-electron chi connectivity index (χ2n) is 3.30. The maximum atomic E-state index is 11.8. The quantitative estimate of drug-likeness (QED) is 0.597. The first-order valence-electron chi connectivity index (χ1n) is 4.57. The van der Waals surface area contributed by atoms with Crippen LogP contribution in [-0.2, 0) is 4.79 Å². The molecule has 1 aromatic rings. The number of amides is 2. The second-order valence-corrected chi connectivity index (χ2v) is 3.74. The Bertz CT molecular complexity index is 501. The lowest BCUT2D eigenvalue weighted by atomic mass is 10.1. The number of nitro groups is 1. The predicted octanol–water partition coefficient (Wildman–Crippen LogP) is 1.87. The number of nitro benzene ring substituents is 1. The van der Waals surface area contributed by atoms with Crippen molar-refractivity contribution in [2.24, 2.45) is 0 Å². The highest BCUT2D eigenvalue weighted by molar-refractivity contribution is 6.31. The van der Waals surface area contributed by atoms with E-state index in [1.54, 1.807) is 0 Å². The number of hydrogen-bond acceptors (Lipinski definition) is 4. The van der Waals surface area contributed by atoms with Crippen LogP contribution in [-0.4, -0.2) is 28.7 Å². The summed E-state index contributed by atoms with van der Waals surface area (Å²) in [7, 11) is 1.25. The summed E-state index contributed by atoms with van der Waals surface area (Å²) in [5.74, 6) is -1.24. The number of carbonyl (C=O) groups excluding carboxylic acids is 2. The van der Waals surface area contributed by atoms with Gasteiger partial charge in [-0.05, 0) is 12.1 Å². The second kappa shape index (κ2) is 4.92. The molecule has 0 fully saturated rings. The standard InChI is InChI=1S/C10H9ClN2O4/c1-6(14)12(2)10(15)8-4-3-7(11)5-9(8)13(16)17/h3-5H,1-2H3. The molecule has 0 atom stereocenters. The Morgan fingerprint density at radius 2 is 2.00 bits per heavy atom. The molecule has 90 valence electrons. The van der Waals surface area contributed by atoms with Gasteiger partial charge in [0.2, 0.25) is 5.91 Å². The van der Waals surface area contributed by atoms with E-state index in [9.17, 15) is 19.7 Å². The highest BCUT2D eigenvalue weighted by atomic mass is 35.5. The van der Waals surface area contributed by atoms with E-state index in [0.717, 1.165) is 11.0 Å². The summed E-state index contributed by atoms with van der Waals surface area (Å²) in [4.78, 5) is 33.6. The Labute approximate surface area is 102 Å². The van der Waals surface area contributed by atoms with Gasteiger partial charge in [0.1, 0.15) is 5.56 Å². The van der Waals surface area contributed by atoms with E-state index in [0.29, 0.717) is 0 Å². The van der Waals surface area contributed by atoms with Crippen LogP contribution in [0.15, 0.2) is 18.2 Å². The monoisotopic (exact) mass is 256 g/mol. The van der Waals surface area contributed by atoms with Gasteiger partial charge in [-0.25, -0.2) is 0 Å². The average Bonchev–Trinajstić information content (AvgIpc) is 2.26. The van der Waals surface area contributed by atoms with E-state index in [4.69, 9.17) is 11.6 Å². The van der Waals surface area contributed by atoms with Crippen molar-refractivity contribution >= 4 is 29.1 Å². The van der Waals surface area contributed by atoms with Crippen molar-refractivity contribution in [2.45, 2.75) is 6.92 Å². The Balaban J connectivity index is 3.27. The minimum Gasteiger partial charge on any atom is -0.282 e. The summed E-state index contributed by atoms with van der Waals surface area (Å²) in [6.07, 6.45) is 0. The molecule has 0 aliphatic heterocycles. The number of halogens is 1. The molecule has 1 rings (SSSR count). The number of rotatable bonds is 2. The molecule has 0 N–H and O–H groups in total. The average molecular weight is 257 g/mol. The maximum Gasteiger partial charge on any atom is 0.283 e. The van der Waals surface area contributed by atoms with Gasteiger partial charge >= 0.3 is 0 Å². The lowest BCUT2D eigenvalue weighted by Gasteiger charge is -2.12. The van der Waals surface area contributed by atoms with Gasteiger partial charge in [-0.3, -0.25) is 24.6 Å².